The number of aromatic nitrogens is 2. The first-order chi connectivity index (χ1) is 5.66. The number of aromatic amines is 1. The summed E-state index contributed by atoms with van der Waals surface area (Å²) in [4.78, 5) is 9.68. The summed E-state index contributed by atoms with van der Waals surface area (Å²) in [5.41, 5.74) is -0.183. The van der Waals surface area contributed by atoms with Crippen molar-refractivity contribution in [1.29, 1.82) is 0 Å². The fourth-order valence-electron chi connectivity index (χ4n) is 0.771. The molecule has 0 bridgehead atoms. The Bertz CT molecular complexity index is 307. The maximum absolute atomic E-state index is 10.3. The van der Waals surface area contributed by atoms with Crippen LogP contribution in [0.1, 0.15) is 11.8 Å². The number of aliphatic hydroxyl groups is 1. The zero-order chi connectivity index (χ0) is 9.14. The van der Waals surface area contributed by atoms with Gasteiger partial charge in [0, 0.05) is 0 Å². The lowest BCUT2D eigenvalue weighted by molar-refractivity contribution is -0.386. The molecule has 2 N–H and O–H groups in total. The number of hydrogen-bond acceptors (Lipinski definition) is 4. The molecule has 1 aromatic rings. The third kappa shape index (κ3) is 1.32. The Morgan fingerprint density at radius 2 is 2.58 bits per heavy atom. The minimum atomic E-state index is -1.08. The normalized spacial score (nSPS) is 12.4. The van der Waals surface area contributed by atoms with Gasteiger partial charge < -0.3 is 5.11 Å². The van der Waals surface area contributed by atoms with Crippen LogP contribution >= 0.6 is 0 Å². The summed E-state index contributed by atoms with van der Waals surface area (Å²) < 4.78 is 0. The highest BCUT2D eigenvalue weighted by Crippen LogP contribution is 2.21. The predicted molar refractivity (Wildman–Crippen MR) is 40.4 cm³/mol. The van der Waals surface area contributed by atoms with Crippen molar-refractivity contribution in [3.05, 3.63) is 34.7 Å². The van der Waals surface area contributed by atoms with Crippen molar-refractivity contribution in [3.8, 4) is 0 Å². The molecule has 0 aromatic carbocycles. The van der Waals surface area contributed by atoms with Gasteiger partial charge in [-0.1, -0.05) is 6.08 Å². The number of nitro groups is 1. The molecule has 0 spiro atoms. The van der Waals surface area contributed by atoms with E-state index >= 15 is 0 Å². The molecule has 0 saturated heterocycles. The molecule has 0 aliphatic heterocycles. The van der Waals surface area contributed by atoms with Gasteiger partial charge in [0.05, 0.1) is 4.92 Å². The van der Waals surface area contributed by atoms with Crippen LogP contribution in [0.15, 0.2) is 18.9 Å². The number of hydrogen-bond donors (Lipinski definition) is 2. The molecule has 0 saturated carbocycles. The Kier molecular flexibility index (Phi) is 2.20. The second kappa shape index (κ2) is 3.14. The number of H-pyrrole nitrogens is 1. The third-order valence-electron chi connectivity index (χ3n) is 1.36. The smallest absolute Gasteiger partial charge is 0.312 e. The number of nitrogens with zero attached hydrogens (tertiary/aromatic N) is 2. The van der Waals surface area contributed by atoms with Crippen molar-refractivity contribution >= 4 is 5.69 Å². The van der Waals surface area contributed by atoms with E-state index in [4.69, 9.17) is 5.11 Å². The molecule has 6 heteroatoms. The summed E-state index contributed by atoms with van der Waals surface area (Å²) in [6.45, 7) is 3.30. The van der Waals surface area contributed by atoms with Gasteiger partial charge in [0.1, 0.15) is 18.0 Å². The van der Waals surface area contributed by atoms with Gasteiger partial charge in [-0.2, -0.15) is 5.10 Å². The summed E-state index contributed by atoms with van der Waals surface area (Å²) in [6, 6.07) is 0. The average Bonchev–Trinajstić information content (AvgIpc) is 2.50. The average molecular weight is 169 g/mol. The second-order valence-electron chi connectivity index (χ2n) is 2.11. The van der Waals surface area contributed by atoms with Gasteiger partial charge in [-0.15, -0.1) is 6.58 Å². The fourth-order valence-corrected chi connectivity index (χ4v) is 0.771. The van der Waals surface area contributed by atoms with E-state index in [0.29, 0.717) is 0 Å². The van der Waals surface area contributed by atoms with Crippen molar-refractivity contribution < 1.29 is 10.0 Å². The highest BCUT2D eigenvalue weighted by molar-refractivity contribution is 5.34. The Morgan fingerprint density at radius 3 is 3.08 bits per heavy atom. The molecule has 0 aliphatic carbocycles. The maximum atomic E-state index is 10.3. The SMILES string of the molecule is C=CC(O)c1[nH]ncc1[N+](=O)[O-]. The first-order valence-electron chi connectivity index (χ1n) is 3.15. The molecular formula is C6H7N3O3. The quantitative estimate of drug-likeness (QED) is 0.392. The van der Waals surface area contributed by atoms with Gasteiger partial charge in [-0.25, -0.2) is 0 Å². The highest BCUT2D eigenvalue weighted by atomic mass is 16.6. The monoisotopic (exact) mass is 169 g/mol. The zero-order valence-corrected chi connectivity index (χ0v) is 6.10. The summed E-state index contributed by atoms with van der Waals surface area (Å²) in [5, 5.41) is 25.2. The topological polar surface area (TPSA) is 92.0 Å². The second-order valence-corrected chi connectivity index (χ2v) is 2.11. The molecule has 0 amide bonds. The van der Waals surface area contributed by atoms with Crippen LogP contribution in [-0.2, 0) is 0 Å². The van der Waals surface area contributed by atoms with Gasteiger partial charge in [0.15, 0.2) is 0 Å². The Labute approximate surface area is 67.7 Å². The Balaban J connectivity index is 3.06. The molecule has 1 aromatic heterocycles. The summed E-state index contributed by atoms with van der Waals surface area (Å²) >= 11 is 0. The molecule has 1 unspecified atom stereocenters. The molecule has 64 valence electrons. The summed E-state index contributed by atoms with van der Waals surface area (Å²) in [7, 11) is 0. The van der Waals surface area contributed by atoms with E-state index in [2.05, 4.69) is 16.8 Å². The number of nitrogens with one attached hydrogen (secondary N) is 1. The van der Waals surface area contributed by atoms with Gasteiger partial charge in [-0.05, 0) is 0 Å². The van der Waals surface area contributed by atoms with E-state index < -0.39 is 11.0 Å². The molecule has 12 heavy (non-hydrogen) atoms. The van der Waals surface area contributed by atoms with Crippen LogP contribution in [0.4, 0.5) is 5.69 Å². The maximum Gasteiger partial charge on any atom is 0.312 e. The van der Waals surface area contributed by atoms with E-state index in [1.165, 1.54) is 6.08 Å². The van der Waals surface area contributed by atoms with E-state index in [1.54, 1.807) is 0 Å². The fraction of sp³-hybridized carbons (Fsp3) is 0.167. The van der Waals surface area contributed by atoms with E-state index in [-0.39, 0.29) is 11.4 Å². The molecular weight excluding hydrogens is 162 g/mol. The van der Waals surface area contributed by atoms with Crippen molar-refractivity contribution in [1.82, 2.24) is 10.2 Å². The highest BCUT2D eigenvalue weighted by Gasteiger charge is 2.20. The van der Waals surface area contributed by atoms with Crippen LogP contribution in [0.2, 0.25) is 0 Å². The minimum absolute atomic E-state index is 0.0509. The Hall–Kier alpha value is -1.69. The van der Waals surface area contributed by atoms with Crippen molar-refractivity contribution in [2.75, 3.05) is 0 Å². The van der Waals surface area contributed by atoms with Crippen LogP contribution < -0.4 is 0 Å². The molecule has 1 rings (SSSR count). The lowest BCUT2D eigenvalue weighted by Gasteiger charge is -1.99. The van der Waals surface area contributed by atoms with Crippen molar-refractivity contribution in [3.63, 3.8) is 0 Å². The largest absolute Gasteiger partial charge is 0.382 e. The first-order valence-corrected chi connectivity index (χ1v) is 3.15. The third-order valence-corrected chi connectivity index (χ3v) is 1.36. The van der Waals surface area contributed by atoms with Crippen LogP contribution in [0.25, 0.3) is 0 Å². The van der Waals surface area contributed by atoms with Crippen LogP contribution in [0.3, 0.4) is 0 Å². The van der Waals surface area contributed by atoms with Gasteiger partial charge >= 0.3 is 5.69 Å². The lowest BCUT2D eigenvalue weighted by Crippen LogP contribution is -1.98. The van der Waals surface area contributed by atoms with E-state index in [0.717, 1.165) is 6.20 Å². The Morgan fingerprint density at radius 1 is 1.92 bits per heavy atom. The molecule has 6 nitrogen and oxygen atoms in total. The number of aliphatic hydroxyl groups excluding tert-OH is 1. The van der Waals surface area contributed by atoms with Crippen LogP contribution in [-0.4, -0.2) is 20.2 Å². The summed E-state index contributed by atoms with van der Waals surface area (Å²) in [5.74, 6) is 0. The molecule has 1 atom stereocenters. The minimum Gasteiger partial charge on any atom is -0.382 e. The molecule has 0 fully saturated rings. The van der Waals surface area contributed by atoms with Crippen molar-refractivity contribution in [2.45, 2.75) is 6.10 Å². The summed E-state index contributed by atoms with van der Waals surface area (Å²) in [6.07, 6.45) is 1.15. The van der Waals surface area contributed by atoms with Crippen LogP contribution in [0.5, 0.6) is 0 Å². The van der Waals surface area contributed by atoms with Gasteiger partial charge in [0.2, 0.25) is 0 Å². The standard InChI is InChI=1S/C6H7N3O3/c1-2-5(10)6-4(9(11)12)3-7-8-6/h2-3,5,10H,1H2,(H,7,8). The van der Waals surface area contributed by atoms with E-state index in [1.807, 2.05) is 0 Å². The lowest BCUT2D eigenvalue weighted by atomic mass is 10.2. The number of rotatable bonds is 3. The first kappa shape index (κ1) is 8.41. The molecule has 0 radical (unpaired) electrons. The molecule has 1 heterocycles. The van der Waals surface area contributed by atoms with E-state index in [9.17, 15) is 10.1 Å². The van der Waals surface area contributed by atoms with Gasteiger partial charge in [-0.3, -0.25) is 15.2 Å². The molecule has 0 aliphatic rings. The van der Waals surface area contributed by atoms with Crippen LogP contribution in [0, 0.1) is 10.1 Å². The zero-order valence-electron chi connectivity index (χ0n) is 6.10. The predicted octanol–water partition coefficient (Wildman–Crippen LogP) is 0.537. The van der Waals surface area contributed by atoms with Gasteiger partial charge in [0.25, 0.3) is 0 Å². The van der Waals surface area contributed by atoms with Crippen molar-refractivity contribution in [2.24, 2.45) is 0 Å².